The Labute approximate surface area is 160 Å². The number of methoxy groups -OCH3 is 1. The van der Waals surface area contributed by atoms with Crippen molar-refractivity contribution in [1.29, 1.82) is 0 Å². The summed E-state index contributed by atoms with van der Waals surface area (Å²) in [5.74, 6) is 1.82. The second-order valence-electron chi connectivity index (χ2n) is 7.09. The maximum Gasteiger partial charge on any atom is 0.171 e. The van der Waals surface area contributed by atoms with Gasteiger partial charge in [-0.15, -0.1) is 0 Å². The SMILES string of the molecule is CCC1CON=C2/C(=C/c3ccc(-n4cnc(C)c4)c(OC)c3)CCCN21. The van der Waals surface area contributed by atoms with E-state index in [1.807, 2.05) is 24.0 Å². The minimum atomic E-state index is 0.419. The van der Waals surface area contributed by atoms with E-state index >= 15 is 0 Å². The van der Waals surface area contributed by atoms with Gasteiger partial charge >= 0.3 is 0 Å². The third kappa shape index (κ3) is 3.44. The van der Waals surface area contributed by atoms with Gasteiger partial charge in [-0.3, -0.25) is 0 Å². The summed E-state index contributed by atoms with van der Waals surface area (Å²) < 4.78 is 7.62. The van der Waals surface area contributed by atoms with Crippen LogP contribution in [0.1, 0.15) is 37.4 Å². The molecule has 4 rings (SSSR count). The van der Waals surface area contributed by atoms with Crippen molar-refractivity contribution in [3.63, 3.8) is 0 Å². The summed E-state index contributed by atoms with van der Waals surface area (Å²) in [5.41, 5.74) is 4.29. The number of hydrogen-bond acceptors (Lipinski definition) is 5. The van der Waals surface area contributed by atoms with Crippen molar-refractivity contribution in [3.05, 3.63) is 47.6 Å². The van der Waals surface area contributed by atoms with E-state index in [0.29, 0.717) is 12.6 Å². The first kappa shape index (κ1) is 17.6. The molecular weight excluding hydrogens is 340 g/mol. The van der Waals surface area contributed by atoms with Crippen LogP contribution in [0.2, 0.25) is 0 Å². The molecule has 0 aliphatic carbocycles. The fourth-order valence-electron chi connectivity index (χ4n) is 3.81. The Morgan fingerprint density at radius 1 is 1.37 bits per heavy atom. The molecule has 0 spiro atoms. The number of aromatic nitrogens is 2. The molecule has 1 fully saturated rings. The fourth-order valence-corrected chi connectivity index (χ4v) is 3.81. The molecule has 2 aliphatic heterocycles. The summed E-state index contributed by atoms with van der Waals surface area (Å²) in [7, 11) is 1.70. The zero-order valence-corrected chi connectivity index (χ0v) is 16.2. The van der Waals surface area contributed by atoms with Crippen LogP contribution in [-0.4, -0.2) is 46.6 Å². The molecule has 3 heterocycles. The summed E-state index contributed by atoms with van der Waals surface area (Å²) >= 11 is 0. The summed E-state index contributed by atoms with van der Waals surface area (Å²) in [6.07, 6.45) is 9.24. The zero-order chi connectivity index (χ0) is 18.8. The van der Waals surface area contributed by atoms with E-state index in [-0.39, 0.29) is 0 Å². The molecule has 1 saturated heterocycles. The van der Waals surface area contributed by atoms with Crippen LogP contribution < -0.4 is 4.74 Å². The van der Waals surface area contributed by atoms with Gasteiger partial charge in [0.05, 0.1) is 30.9 Å². The molecule has 142 valence electrons. The van der Waals surface area contributed by atoms with Crippen molar-refractivity contribution in [3.8, 4) is 11.4 Å². The lowest BCUT2D eigenvalue weighted by molar-refractivity contribution is 0.0564. The van der Waals surface area contributed by atoms with Crippen LogP contribution in [0.25, 0.3) is 11.8 Å². The van der Waals surface area contributed by atoms with Crippen molar-refractivity contribution in [1.82, 2.24) is 14.5 Å². The first-order chi connectivity index (χ1) is 13.2. The second kappa shape index (κ2) is 7.47. The van der Waals surface area contributed by atoms with Gasteiger partial charge in [0.25, 0.3) is 0 Å². The molecule has 2 aliphatic rings. The molecule has 27 heavy (non-hydrogen) atoms. The van der Waals surface area contributed by atoms with Crippen LogP contribution in [0.3, 0.4) is 0 Å². The first-order valence-electron chi connectivity index (χ1n) is 9.56. The Morgan fingerprint density at radius 3 is 3.00 bits per heavy atom. The Bertz CT molecular complexity index is 884. The zero-order valence-electron chi connectivity index (χ0n) is 16.2. The standard InChI is InChI=1S/C21H26N4O2/c1-4-18-13-27-23-21-17(6-5-9-25(18)21)10-16-7-8-19(20(11-16)26-3)24-12-15(2)22-14-24/h7-8,10-12,14,18H,4-6,9,13H2,1-3H3/b17-10+. The lowest BCUT2D eigenvalue weighted by Gasteiger charge is -2.39. The number of oxime groups is 1. The molecule has 1 aromatic carbocycles. The summed E-state index contributed by atoms with van der Waals surface area (Å²) in [6.45, 7) is 5.92. The van der Waals surface area contributed by atoms with Crippen LogP contribution in [0.4, 0.5) is 0 Å². The third-order valence-electron chi connectivity index (χ3n) is 5.27. The van der Waals surface area contributed by atoms with Gasteiger partial charge in [-0.05, 0) is 55.5 Å². The van der Waals surface area contributed by atoms with E-state index in [4.69, 9.17) is 9.57 Å². The normalized spacial score (nSPS) is 20.9. The van der Waals surface area contributed by atoms with Crippen molar-refractivity contribution >= 4 is 11.9 Å². The number of nitrogens with zero attached hydrogens (tertiary/aromatic N) is 4. The van der Waals surface area contributed by atoms with E-state index in [2.05, 4.69) is 46.2 Å². The highest BCUT2D eigenvalue weighted by Crippen LogP contribution is 2.29. The number of piperidine rings is 1. The van der Waals surface area contributed by atoms with Gasteiger partial charge in [0, 0.05) is 12.7 Å². The molecular formula is C21H26N4O2. The number of ether oxygens (including phenoxy) is 1. The van der Waals surface area contributed by atoms with Crippen LogP contribution >= 0.6 is 0 Å². The molecule has 2 aromatic rings. The molecule has 6 nitrogen and oxygen atoms in total. The quantitative estimate of drug-likeness (QED) is 0.826. The third-order valence-corrected chi connectivity index (χ3v) is 5.27. The van der Waals surface area contributed by atoms with Crippen molar-refractivity contribution in [2.75, 3.05) is 20.3 Å². The topological polar surface area (TPSA) is 51.9 Å². The van der Waals surface area contributed by atoms with E-state index in [9.17, 15) is 0 Å². The maximum atomic E-state index is 5.64. The lowest BCUT2D eigenvalue weighted by Crippen LogP contribution is -2.48. The molecule has 1 atom stereocenters. The summed E-state index contributed by atoms with van der Waals surface area (Å²) in [6, 6.07) is 6.67. The highest BCUT2D eigenvalue weighted by molar-refractivity contribution is 6.02. The van der Waals surface area contributed by atoms with Crippen molar-refractivity contribution in [2.45, 2.75) is 39.2 Å². The van der Waals surface area contributed by atoms with Gasteiger partial charge in [-0.25, -0.2) is 4.98 Å². The number of benzene rings is 1. The average Bonchev–Trinajstić information content (AvgIpc) is 3.13. The number of hydrogen-bond donors (Lipinski definition) is 0. The van der Waals surface area contributed by atoms with Gasteiger partial charge < -0.3 is 19.0 Å². The van der Waals surface area contributed by atoms with Crippen molar-refractivity contribution < 1.29 is 9.57 Å². The maximum absolute atomic E-state index is 5.64. The van der Waals surface area contributed by atoms with Crippen LogP contribution in [0.15, 0.2) is 41.5 Å². The Kier molecular flexibility index (Phi) is 4.88. The van der Waals surface area contributed by atoms with Gasteiger partial charge in [0.1, 0.15) is 12.4 Å². The predicted octanol–water partition coefficient (Wildman–Crippen LogP) is 3.79. The van der Waals surface area contributed by atoms with Gasteiger partial charge in [0.15, 0.2) is 5.84 Å². The number of aryl methyl sites for hydroxylation is 1. The van der Waals surface area contributed by atoms with Crippen LogP contribution in [-0.2, 0) is 4.84 Å². The molecule has 1 unspecified atom stereocenters. The van der Waals surface area contributed by atoms with Crippen LogP contribution in [0, 0.1) is 6.92 Å². The first-order valence-corrected chi connectivity index (χ1v) is 9.56. The lowest BCUT2D eigenvalue weighted by atomic mass is 9.97. The average molecular weight is 366 g/mol. The van der Waals surface area contributed by atoms with E-state index in [1.165, 1.54) is 5.57 Å². The molecule has 0 radical (unpaired) electrons. The number of rotatable bonds is 4. The molecule has 0 bridgehead atoms. The molecule has 0 saturated carbocycles. The second-order valence-corrected chi connectivity index (χ2v) is 7.09. The van der Waals surface area contributed by atoms with Crippen LogP contribution in [0.5, 0.6) is 5.75 Å². The van der Waals surface area contributed by atoms with Gasteiger partial charge in [0.2, 0.25) is 0 Å². The van der Waals surface area contributed by atoms with E-state index in [0.717, 1.165) is 54.3 Å². The van der Waals surface area contributed by atoms with E-state index in [1.54, 1.807) is 7.11 Å². The van der Waals surface area contributed by atoms with Crippen molar-refractivity contribution in [2.24, 2.45) is 5.16 Å². The minimum Gasteiger partial charge on any atom is -0.495 e. The molecule has 1 aromatic heterocycles. The largest absolute Gasteiger partial charge is 0.495 e. The van der Waals surface area contributed by atoms with Gasteiger partial charge in [-0.1, -0.05) is 18.1 Å². The van der Waals surface area contributed by atoms with E-state index < -0.39 is 0 Å². The predicted molar refractivity (Wildman–Crippen MR) is 106 cm³/mol. The number of imidazole rings is 1. The minimum absolute atomic E-state index is 0.419. The highest BCUT2D eigenvalue weighted by atomic mass is 16.6. The molecule has 0 N–H and O–H groups in total. The Balaban J connectivity index is 1.66. The smallest absolute Gasteiger partial charge is 0.171 e. The summed E-state index contributed by atoms with van der Waals surface area (Å²) in [5, 5.41) is 4.37. The molecule has 0 amide bonds. The summed E-state index contributed by atoms with van der Waals surface area (Å²) in [4.78, 5) is 12.2. The Hall–Kier alpha value is -2.76. The number of fused-ring (bicyclic) bond motifs is 1. The fraction of sp³-hybridized carbons (Fsp3) is 0.429. The monoisotopic (exact) mass is 366 g/mol. The van der Waals surface area contributed by atoms with Gasteiger partial charge in [-0.2, -0.15) is 0 Å². The molecule has 6 heteroatoms. The Morgan fingerprint density at radius 2 is 2.26 bits per heavy atom. The number of amidine groups is 1. The highest BCUT2D eigenvalue weighted by Gasteiger charge is 2.30.